The highest BCUT2D eigenvalue weighted by Crippen LogP contribution is 2.50. The molecule has 3 rings (SSSR count). The summed E-state index contributed by atoms with van der Waals surface area (Å²) in [6, 6.07) is 0. The van der Waals surface area contributed by atoms with E-state index in [4.69, 9.17) is 23.7 Å². The fourth-order valence-corrected chi connectivity index (χ4v) is 4.36. The third-order valence-electron chi connectivity index (χ3n) is 6.18. The summed E-state index contributed by atoms with van der Waals surface area (Å²) in [6.45, 7) is 11.2. The molecule has 32 heavy (non-hydrogen) atoms. The molecule has 1 saturated heterocycles. The summed E-state index contributed by atoms with van der Waals surface area (Å²) in [5.41, 5.74) is 0.169. The number of hydrogen-bond donors (Lipinski definition) is 0. The van der Waals surface area contributed by atoms with Gasteiger partial charge in [0.25, 0.3) is 0 Å². The predicted molar refractivity (Wildman–Crippen MR) is 110 cm³/mol. The average Bonchev–Trinajstić information content (AvgIpc) is 3.24. The molecule has 0 radical (unpaired) electrons. The van der Waals surface area contributed by atoms with Gasteiger partial charge >= 0.3 is 23.9 Å². The van der Waals surface area contributed by atoms with E-state index in [-0.39, 0.29) is 30.1 Å². The summed E-state index contributed by atoms with van der Waals surface area (Å²) in [4.78, 5) is 48.3. The smallest absolute Gasteiger partial charge is 0.338 e. The van der Waals surface area contributed by atoms with Gasteiger partial charge in [0.2, 0.25) is 0 Å². The second-order valence-electron chi connectivity index (χ2n) is 8.97. The summed E-state index contributed by atoms with van der Waals surface area (Å²) in [5.74, 6) is -2.43. The van der Waals surface area contributed by atoms with Crippen LogP contribution in [0.1, 0.15) is 53.9 Å². The highest BCUT2D eigenvalue weighted by molar-refractivity contribution is 5.94. The third kappa shape index (κ3) is 5.03. The average molecular weight is 450 g/mol. The lowest BCUT2D eigenvalue weighted by Crippen LogP contribution is -2.38. The number of carbonyl (C=O) groups is 4. The molecule has 0 N–H and O–H groups in total. The van der Waals surface area contributed by atoms with Crippen LogP contribution in [0.4, 0.5) is 0 Å². The van der Waals surface area contributed by atoms with Crippen LogP contribution in [0.2, 0.25) is 0 Å². The molecule has 0 aromatic heterocycles. The molecule has 176 valence electrons. The highest BCUT2D eigenvalue weighted by Gasteiger charge is 2.62. The molecule has 9 heteroatoms. The highest BCUT2D eigenvalue weighted by atomic mass is 16.7. The van der Waals surface area contributed by atoms with E-state index in [9.17, 15) is 19.2 Å². The quantitative estimate of drug-likeness (QED) is 0.269. The zero-order valence-electron chi connectivity index (χ0n) is 19.1. The van der Waals surface area contributed by atoms with Crippen LogP contribution in [0.5, 0.6) is 0 Å². The van der Waals surface area contributed by atoms with Crippen LogP contribution in [0, 0.1) is 5.92 Å². The molecule has 0 spiro atoms. The summed E-state index contributed by atoms with van der Waals surface area (Å²) in [5, 5.41) is 0. The van der Waals surface area contributed by atoms with Crippen LogP contribution in [-0.2, 0) is 42.9 Å². The van der Waals surface area contributed by atoms with Crippen molar-refractivity contribution in [2.75, 3.05) is 6.61 Å². The molecule has 0 aromatic carbocycles. The maximum Gasteiger partial charge on any atom is 0.338 e. The molecule has 2 fully saturated rings. The van der Waals surface area contributed by atoms with Crippen molar-refractivity contribution in [1.29, 1.82) is 0 Å². The Labute approximate surface area is 187 Å². The molecular weight excluding hydrogens is 420 g/mol. The second-order valence-corrected chi connectivity index (χ2v) is 8.97. The van der Waals surface area contributed by atoms with Gasteiger partial charge in [0.1, 0.15) is 24.9 Å². The van der Waals surface area contributed by atoms with Crippen molar-refractivity contribution in [3.05, 3.63) is 23.3 Å². The van der Waals surface area contributed by atoms with Crippen LogP contribution in [0.15, 0.2) is 23.3 Å². The first-order chi connectivity index (χ1) is 14.9. The first-order valence-electron chi connectivity index (χ1n) is 10.7. The van der Waals surface area contributed by atoms with E-state index in [0.717, 1.165) is 0 Å². The van der Waals surface area contributed by atoms with E-state index in [1.54, 1.807) is 0 Å². The first kappa shape index (κ1) is 24.0. The molecule has 1 saturated carbocycles. The molecule has 0 bridgehead atoms. The van der Waals surface area contributed by atoms with Crippen molar-refractivity contribution in [2.45, 2.75) is 83.9 Å². The Bertz CT molecular complexity index is 873. The van der Waals surface area contributed by atoms with Gasteiger partial charge in [-0.25, -0.2) is 9.59 Å². The van der Waals surface area contributed by atoms with Gasteiger partial charge in [-0.15, -0.1) is 0 Å². The second kappa shape index (κ2) is 9.05. The van der Waals surface area contributed by atoms with Gasteiger partial charge < -0.3 is 23.7 Å². The number of epoxide rings is 1. The Morgan fingerprint density at radius 2 is 1.84 bits per heavy atom. The lowest BCUT2D eigenvalue weighted by Gasteiger charge is -2.31. The number of esters is 4. The van der Waals surface area contributed by atoms with Crippen LogP contribution in [-0.4, -0.2) is 60.5 Å². The van der Waals surface area contributed by atoms with Crippen molar-refractivity contribution < 1.29 is 42.9 Å². The van der Waals surface area contributed by atoms with Gasteiger partial charge in [0, 0.05) is 25.0 Å². The molecule has 1 aliphatic carbocycles. The van der Waals surface area contributed by atoms with E-state index in [1.165, 1.54) is 20.8 Å². The topological polar surface area (TPSA) is 118 Å². The fourth-order valence-electron chi connectivity index (χ4n) is 4.36. The number of ether oxygens (including phenoxy) is 5. The summed E-state index contributed by atoms with van der Waals surface area (Å²) in [7, 11) is 0. The maximum absolute atomic E-state index is 12.7. The molecule has 9 nitrogen and oxygen atoms in total. The van der Waals surface area contributed by atoms with Crippen LogP contribution >= 0.6 is 0 Å². The Morgan fingerprint density at radius 3 is 2.44 bits per heavy atom. The monoisotopic (exact) mass is 450 g/mol. The van der Waals surface area contributed by atoms with E-state index >= 15 is 0 Å². The summed E-state index contributed by atoms with van der Waals surface area (Å²) < 4.78 is 28.0. The normalized spacial score (nSPS) is 33.9. The van der Waals surface area contributed by atoms with Gasteiger partial charge in [-0.05, 0) is 39.0 Å². The Kier molecular flexibility index (Phi) is 6.78. The molecule has 0 amide bonds. The minimum Gasteiger partial charge on any atom is -0.462 e. The molecule has 6 atom stereocenters. The molecular formula is C23H30O9. The third-order valence-corrected chi connectivity index (χ3v) is 6.18. The number of carbonyl (C=O) groups excluding carboxylic acids is 4. The van der Waals surface area contributed by atoms with Crippen LogP contribution in [0.3, 0.4) is 0 Å². The van der Waals surface area contributed by atoms with Crippen molar-refractivity contribution in [1.82, 2.24) is 0 Å². The lowest BCUT2D eigenvalue weighted by molar-refractivity contribution is -0.152. The zero-order chi connectivity index (χ0) is 23.8. The minimum atomic E-state index is -0.874. The van der Waals surface area contributed by atoms with E-state index < -0.39 is 53.9 Å². The van der Waals surface area contributed by atoms with E-state index in [1.807, 2.05) is 13.8 Å². The summed E-state index contributed by atoms with van der Waals surface area (Å²) in [6.07, 6.45) is -1.10. The standard InChI is InChI=1S/C23H30O9/c1-11(2)21(26)30-17-9-12(3)16(29-14(5)25)7-8-23(6)20(32-23)19-18(17)15(22(27)31-19)10-28-13(4)24/h12,16-17,19-20H,1,7-10H2,2-6H3/t12-,16-,17-,19-,20-,23+/m0/s1. The maximum atomic E-state index is 12.7. The minimum absolute atomic E-state index is 0.138. The number of fused-ring (bicyclic) bond motifs is 3. The Hall–Kier alpha value is -2.68. The fraction of sp³-hybridized carbons (Fsp3) is 0.652. The van der Waals surface area contributed by atoms with E-state index in [2.05, 4.69) is 6.58 Å². The summed E-state index contributed by atoms with van der Waals surface area (Å²) >= 11 is 0. The number of rotatable bonds is 5. The lowest BCUT2D eigenvalue weighted by atomic mass is 9.82. The van der Waals surface area contributed by atoms with Gasteiger partial charge in [-0.1, -0.05) is 13.5 Å². The number of hydrogen-bond acceptors (Lipinski definition) is 9. The molecule has 0 aromatic rings. The van der Waals surface area contributed by atoms with Gasteiger partial charge in [0.05, 0.1) is 11.2 Å². The van der Waals surface area contributed by atoms with Crippen molar-refractivity contribution in [2.24, 2.45) is 5.92 Å². The van der Waals surface area contributed by atoms with Gasteiger partial charge in [-0.3, -0.25) is 9.59 Å². The largest absolute Gasteiger partial charge is 0.462 e. The van der Waals surface area contributed by atoms with Gasteiger partial charge in [-0.2, -0.15) is 0 Å². The predicted octanol–water partition coefficient (Wildman–Crippen LogP) is 2.17. The van der Waals surface area contributed by atoms with Crippen molar-refractivity contribution >= 4 is 23.9 Å². The van der Waals surface area contributed by atoms with Crippen molar-refractivity contribution in [3.63, 3.8) is 0 Å². The molecule has 2 heterocycles. The van der Waals surface area contributed by atoms with Crippen LogP contribution in [0.25, 0.3) is 0 Å². The first-order valence-corrected chi connectivity index (χ1v) is 10.7. The SMILES string of the molecule is C=C(C)C(=O)O[C@H]1C[C@H](C)[C@@H](OC(C)=O)CC[C@@]2(C)O[C@H]2[C@H]2OC(=O)C(COC(C)=O)=C12. The Morgan fingerprint density at radius 1 is 1.16 bits per heavy atom. The van der Waals surface area contributed by atoms with Crippen molar-refractivity contribution in [3.8, 4) is 0 Å². The van der Waals surface area contributed by atoms with E-state index in [0.29, 0.717) is 18.4 Å². The Balaban J connectivity index is 2.05. The van der Waals surface area contributed by atoms with Gasteiger partial charge in [0.15, 0.2) is 6.10 Å². The molecule has 3 aliphatic rings. The van der Waals surface area contributed by atoms with Crippen LogP contribution < -0.4 is 0 Å². The zero-order valence-corrected chi connectivity index (χ0v) is 19.1. The molecule has 0 unspecified atom stereocenters. The molecule has 2 aliphatic heterocycles.